The van der Waals surface area contributed by atoms with E-state index in [1.807, 2.05) is 0 Å². The molecule has 1 amide bonds. The fourth-order valence-electron chi connectivity index (χ4n) is 1.57. The van der Waals surface area contributed by atoms with Crippen molar-refractivity contribution < 1.29 is 41.3 Å². The summed E-state index contributed by atoms with van der Waals surface area (Å²) in [5.41, 5.74) is -0.698. The van der Waals surface area contributed by atoms with Crippen molar-refractivity contribution >= 4 is 44.5 Å². The van der Waals surface area contributed by atoms with Gasteiger partial charge in [0.25, 0.3) is 0 Å². The summed E-state index contributed by atoms with van der Waals surface area (Å²) in [6, 6.07) is 5.84. The van der Waals surface area contributed by atoms with E-state index in [0.29, 0.717) is 6.42 Å². The monoisotopic (exact) mass is 439 g/mol. The summed E-state index contributed by atoms with van der Waals surface area (Å²) in [4.78, 5) is 20.9. The minimum atomic E-state index is -4.92. The smallest absolute Gasteiger partial charge is 0.318 e. The molecule has 25 heavy (non-hydrogen) atoms. The molecule has 0 radical (unpaired) electrons. The molecule has 0 aliphatic heterocycles. The maximum Gasteiger partial charge on any atom is 0.318 e. The van der Waals surface area contributed by atoms with Gasteiger partial charge in [-0.15, -0.1) is 0 Å². The van der Waals surface area contributed by atoms with E-state index in [-0.39, 0.29) is 37.4 Å². The Labute approximate surface area is 148 Å². The van der Waals surface area contributed by atoms with Crippen LogP contribution >= 0.6 is 8.46 Å². The van der Waals surface area contributed by atoms with E-state index < -0.39 is 25.8 Å². The maximum atomic E-state index is 11.4. The summed E-state index contributed by atoms with van der Waals surface area (Å²) < 4.78 is 34.2. The number of aliphatic hydroxyl groups excluding tert-OH is 1. The summed E-state index contributed by atoms with van der Waals surface area (Å²) in [6.45, 7) is 1.21. The first-order valence-electron chi connectivity index (χ1n) is 6.88. The average molecular weight is 439 g/mol. The van der Waals surface area contributed by atoms with Gasteiger partial charge in [-0.25, -0.2) is 0 Å². The third-order valence-electron chi connectivity index (χ3n) is 2.68. The quantitative estimate of drug-likeness (QED) is 0.164. The number of nitrogens with one attached hydrogen (secondary N) is 1. The molecule has 0 bridgehead atoms. The number of para-hydroxylation sites is 1. The summed E-state index contributed by atoms with van der Waals surface area (Å²) in [7, 11) is -0.382. The van der Waals surface area contributed by atoms with Crippen molar-refractivity contribution in [3.05, 3.63) is 24.3 Å². The zero-order valence-electron chi connectivity index (χ0n) is 13.2. The van der Waals surface area contributed by atoms with Crippen LogP contribution in [-0.2, 0) is 21.8 Å². The summed E-state index contributed by atoms with van der Waals surface area (Å²) in [5.74, 6) is -1.46. The van der Waals surface area contributed by atoms with Crippen LogP contribution in [-0.4, -0.2) is 57.9 Å². The van der Waals surface area contributed by atoms with Gasteiger partial charge in [-0.1, -0.05) is 0 Å². The first kappa shape index (κ1) is 23.5. The Morgan fingerprint density at radius 3 is 2.40 bits per heavy atom. The van der Waals surface area contributed by atoms with Crippen LogP contribution in [0.25, 0.3) is 0 Å². The molecule has 0 aromatic heterocycles. The van der Waals surface area contributed by atoms with Gasteiger partial charge in [0.05, 0.1) is 0 Å². The molecule has 140 valence electrons. The largest absolute Gasteiger partial charge is 0.480 e. The number of carboxylic acids is 1. The SMILES string of the molecule is CC(=O)Nc1ccccc1[As](=O)(O)OO.O=PC(CCCO)C(=O)O. The van der Waals surface area contributed by atoms with Crippen LogP contribution in [0.5, 0.6) is 0 Å². The number of carbonyl (C=O) groups excluding carboxylic acids is 1. The van der Waals surface area contributed by atoms with Gasteiger partial charge in [0, 0.05) is 6.61 Å². The molecule has 0 fully saturated rings. The molecule has 1 aromatic carbocycles. The number of amides is 1. The second-order valence-electron chi connectivity index (χ2n) is 4.63. The number of aliphatic hydroxyl groups is 1. The van der Waals surface area contributed by atoms with Gasteiger partial charge in [-0.3, -0.25) is 9.36 Å². The number of carbonyl (C=O) groups is 2. The molecule has 1 rings (SSSR count). The van der Waals surface area contributed by atoms with Crippen LogP contribution in [0.2, 0.25) is 0 Å². The summed E-state index contributed by atoms with van der Waals surface area (Å²) in [6.07, 6.45) is 0.642. The van der Waals surface area contributed by atoms with Crippen molar-refractivity contribution in [2.45, 2.75) is 25.4 Å². The summed E-state index contributed by atoms with van der Waals surface area (Å²) in [5, 5.41) is 27.3. The van der Waals surface area contributed by atoms with Crippen molar-refractivity contribution in [1.29, 1.82) is 0 Å². The minimum absolute atomic E-state index is 0.0562. The van der Waals surface area contributed by atoms with Crippen molar-refractivity contribution in [2.24, 2.45) is 0 Å². The number of hydrogen-bond acceptors (Lipinski definition) is 7. The van der Waals surface area contributed by atoms with Crippen molar-refractivity contribution in [2.75, 3.05) is 11.9 Å². The van der Waals surface area contributed by atoms with Crippen molar-refractivity contribution in [1.82, 2.24) is 0 Å². The van der Waals surface area contributed by atoms with Gasteiger partial charge in [0.15, 0.2) is 8.46 Å². The molecular weight excluding hydrogens is 420 g/mol. The number of carboxylic acid groups (broad SMARTS) is 1. The van der Waals surface area contributed by atoms with E-state index in [1.165, 1.54) is 25.1 Å². The molecule has 10 nitrogen and oxygen atoms in total. The molecule has 0 aliphatic rings. The minimum Gasteiger partial charge on any atom is -0.480 e. The van der Waals surface area contributed by atoms with Crippen LogP contribution in [0.4, 0.5) is 5.69 Å². The Bertz CT molecular complexity index is 640. The topological polar surface area (TPSA) is 170 Å². The molecule has 1 aromatic rings. The molecule has 2 unspecified atom stereocenters. The van der Waals surface area contributed by atoms with Crippen LogP contribution in [0.3, 0.4) is 0 Å². The van der Waals surface area contributed by atoms with Crippen LogP contribution in [0.15, 0.2) is 24.3 Å². The number of hydrogen-bond donors (Lipinski definition) is 5. The molecule has 0 saturated carbocycles. The third kappa shape index (κ3) is 8.92. The van der Waals surface area contributed by atoms with Crippen LogP contribution in [0, 0.1) is 0 Å². The molecule has 0 aliphatic carbocycles. The van der Waals surface area contributed by atoms with Crippen molar-refractivity contribution in [3.63, 3.8) is 0 Å². The van der Waals surface area contributed by atoms with Crippen LogP contribution in [0.1, 0.15) is 19.8 Å². The summed E-state index contributed by atoms with van der Waals surface area (Å²) >= 11 is -4.92. The number of benzene rings is 1. The van der Waals surface area contributed by atoms with Gasteiger partial charge in [0.2, 0.25) is 0 Å². The van der Waals surface area contributed by atoms with Gasteiger partial charge in [0.1, 0.15) is 5.66 Å². The number of aliphatic carboxylic acids is 1. The normalized spacial score (nSPS) is 13.9. The third-order valence-corrected chi connectivity index (χ3v) is 5.97. The second-order valence-corrected chi connectivity index (χ2v) is 9.00. The van der Waals surface area contributed by atoms with E-state index in [2.05, 4.69) is 9.19 Å². The van der Waals surface area contributed by atoms with Crippen LogP contribution < -0.4 is 9.67 Å². The Kier molecular flexibility index (Phi) is 11.2. The second kappa shape index (κ2) is 11.9. The molecule has 0 spiro atoms. The average Bonchev–Trinajstić information content (AvgIpc) is 2.55. The fourth-order valence-corrected chi connectivity index (χ4v) is 3.62. The number of anilines is 1. The standard InChI is InChI=1S/C8H10AsNO5.C5H9O4P/c1-6(11)10-8-5-3-2-4-7(8)9(12,13)15-14;6-3-1-2-4(10-9)5(7)8/h2-5,14H,1H3,(H,10,11)(H,12,13);4,6H,1-3H2,(H,7,8). The van der Waals surface area contributed by atoms with Crippen molar-refractivity contribution in [3.8, 4) is 0 Å². The molecular formula is C13H19AsNO9P. The molecule has 12 heteroatoms. The van der Waals surface area contributed by atoms with Gasteiger partial charge >= 0.3 is 94.4 Å². The molecule has 0 heterocycles. The first-order valence-corrected chi connectivity index (χ1v) is 11.1. The molecule has 2 atom stereocenters. The predicted octanol–water partition coefficient (Wildman–Crippen LogP) is 0.207. The fraction of sp³-hybridized carbons (Fsp3) is 0.385. The Morgan fingerprint density at radius 2 is 1.96 bits per heavy atom. The molecule has 0 saturated heterocycles. The van der Waals surface area contributed by atoms with E-state index in [9.17, 15) is 22.0 Å². The maximum absolute atomic E-state index is 11.4. The van der Waals surface area contributed by atoms with E-state index >= 15 is 0 Å². The first-order chi connectivity index (χ1) is 11.7. The van der Waals surface area contributed by atoms with E-state index in [4.69, 9.17) is 15.5 Å². The Morgan fingerprint density at radius 1 is 1.36 bits per heavy atom. The predicted molar refractivity (Wildman–Crippen MR) is 88.1 cm³/mol. The van der Waals surface area contributed by atoms with E-state index in [0.717, 1.165) is 0 Å². The Hall–Kier alpha value is -1.54. The van der Waals surface area contributed by atoms with Gasteiger partial charge < -0.3 is 10.2 Å². The zero-order chi connectivity index (χ0) is 19.5. The van der Waals surface area contributed by atoms with Gasteiger partial charge in [-0.05, 0) is 12.8 Å². The van der Waals surface area contributed by atoms with Gasteiger partial charge in [-0.2, -0.15) is 0 Å². The van der Waals surface area contributed by atoms with E-state index in [1.54, 1.807) is 6.07 Å². The zero-order valence-corrected chi connectivity index (χ0v) is 16.0. The number of rotatable bonds is 8. The Balaban J connectivity index is 0.000000504. The molecule has 5 N–H and O–H groups in total.